The van der Waals surface area contributed by atoms with Gasteiger partial charge in [-0.1, -0.05) is 35.5 Å². The van der Waals surface area contributed by atoms with Gasteiger partial charge in [-0.25, -0.2) is 0 Å². The van der Waals surface area contributed by atoms with E-state index in [1.165, 1.54) is 0 Å². The van der Waals surface area contributed by atoms with Crippen LogP contribution in [0, 0.1) is 6.92 Å². The number of nitrogens with zero attached hydrogens (tertiary/aromatic N) is 6. The standard InChI is InChI=1S/C15H18N6/c1-4-20(5-2)15-11(3)16-18-14-13(17-19-21(14)15)12-9-7-6-8-10-12/h6-10H,4-5H2,1-3H3. The Morgan fingerprint density at radius 2 is 1.71 bits per heavy atom. The molecule has 3 aromatic rings. The fourth-order valence-corrected chi connectivity index (χ4v) is 2.50. The minimum atomic E-state index is 0.689. The van der Waals surface area contributed by atoms with Crippen LogP contribution in [0.4, 0.5) is 5.82 Å². The van der Waals surface area contributed by atoms with E-state index in [2.05, 4.69) is 39.3 Å². The van der Waals surface area contributed by atoms with Gasteiger partial charge in [0.2, 0.25) is 5.65 Å². The van der Waals surface area contributed by atoms with E-state index >= 15 is 0 Å². The summed E-state index contributed by atoms with van der Waals surface area (Å²) in [4.78, 5) is 2.21. The molecule has 0 radical (unpaired) electrons. The van der Waals surface area contributed by atoms with Crippen LogP contribution < -0.4 is 4.90 Å². The fraction of sp³-hybridized carbons (Fsp3) is 0.333. The van der Waals surface area contributed by atoms with E-state index < -0.39 is 0 Å². The summed E-state index contributed by atoms with van der Waals surface area (Å²) in [7, 11) is 0. The first-order chi connectivity index (χ1) is 10.3. The topological polar surface area (TPSA) is 59.2 Å². The van der Waals surface area contributed by atoms with E-state index in [1.54, 1.807) is 4.52 Å². The Morgan fingerprint density at radius 3 is 2.38 bits per heavy atom. The maximum absolute atomic E-state index is 4.30. The molecular formula is C15H18N6. The lowest BCUT2D eigenvalue weighted by atomic mass is 10.2. The molecule has 0 saturated heterocycles. The zero-order valence-corrected chi connectivity index (χ0v) is 12.5. The zero-order chi connectivity index (χ0) is 14.8. The summed E-state index contributed by atoms with van der Waals surface area (Å²) in [5.41, 5.74) is 3.30. The summed E-state index contributed by atoms with van der Waals surface area (Å²) >= 11 is 0. The highest BCUT2D eigenvalue weighted by atomic mass is 15.5. The van der Waals surface area contributed by atoms with Crippen LogP contribution in [-0.4, -0.2) is 38.1 Å². The molecule has 0 bridgehead atoms. The average molecular weight is 282 g/mol. The second kappa shape index (κ2) is 5.47. The van der Waals surface area contributed by atoms with Crippen LogP contribution in [0.2, 0.25) is 0 Å². The first-order valence-corrected chi connectivity index (χ1v) is 7.15. The minimum Gasteiger partial charge on any atom is -0.355 e. The molecule has 6 nitrogen and oxygen atoms in total. The quantitative estimate of drug-likeness (QED) is 0.735. The number of hydrogen-bond donors (Lipinski definition) is 0. The number of benzene rings is 1. The Morgan fingerprint density at radius 1 is 1.00 bits per heavy atom. The molecule has 2 heterocycles. The van der Waals surface area contributed by atoms with Gasteiger partial charge in [0.25, 0.3) is 0 Å². The van der Waals surface area contributed by atoms with Crippen LogP contribution in [-0.2, 0) is 0 Å². The van der Waals surface area contributed by atoms with E-state index in [4.69, 9.17) is 0 Å². The minimum absolute atomic E-state index is 0.689. The van der Waals surface area contributed by atoms with Crippen molar-refractivity contribution < 1.29 is 0 Å². The predicted molar refractivity (Wildman–Crippen MR) is 82.3 cm³/mol. The smallest absolute Gasteiger partial charge is 0.207 e. The predicted octanol–water partition coefficient (Wildman–Crippen LogP) is 2.34. The molecule has 3 rings (SSSR count). The molecule has 0 atom stereocenters. The lowest BCUT2D eigenvalue weighted by molar-refractivity contribution is 0.747. The van der Waals surface area contributed by atoms with Gasteiger partial charge in [-0.2, -0.15) is 4.52 Å². The van der Waals surface area contributed by atoms with Crippen molar-refractivity contribution in [1.82, 2.24) is 25.0 Å². The van der Waals surface area contributed by atoms with Crippen molar-refractivity contribution in [3.05, 3.63) is 36.0 Å². The third kappa shape index (κ3) is 2.22. The Kier molecular flexibility index (Phi) is 3.51. The molecule has 0 aliphatic carbocycles. The molecule has 1 aromatic carbocycles. The lowest BCUT2D eigenvalue weighted by Gasteiger charge is -2.22. The Labute approximate surface area is 123 Å². The molecule has 108 valence electrons. The van der Waals surface area contributed by atoms with Gasteiger partial charge in [-0.05, 0) is 20.8 Å². The maximum atomic E-state index is 4.30. The molecule has 0 unspecified atom stereocenters. The van der Waals surface area contributed by atoms with Crippen molar-refractivity contribution in [2.45, 2.75) is 20.8 Å². The number of rotatable bonds is 4. The zero-order valence-electron chi connectivity index (χ0n) is 12.5. The van der Waals surface area contributed by atoms with Crippen molar-refractivity contribution in [2.24, 2.45) is 0 Å². The number of aromatic nitrogens is 5. The number of anilines is 1. The Hall–Kier alpha value is -2.50. The molecule has 0 saturated carbocycles. The van der Waals surface area contributed by atoms with Gasteiger partial charge >= 0.3 is 0 Å². The highest BCUT2D eigenvalue weighted by Crippen LogP contribution is 2.24. The highest BCUT2D eigenvalue weighted by molar-refractivity contribution is 5.74. The van der Waals surface area contributed by atoms with E-state index in [0.717, 1.165) is 35.9 Å². The molecule has 0 aliphatic rings. The van der Waals surface area contributed by atoms with Crippen LogP contribution in [0.15, 0.2) is 30.3 Å². The van der Waals surface area contributed by atoms with Gasteiger partial charge in [0.15, 0.2) is 5.82 Å². The van der Waals surface area contributed by atoms with Crippen molar-refractivity contribution in [1.29, 1.82) is 0 Å². The number of aryl methyl sites for hydroxylation is 1. The number of hydrogen-bond acceptors (Lipinski definition) is 5. The van der Waals surface area contributed by atoms with Gasteiger partial charge in [0.1, 0.15) is 11.4 Å². The molecule has 0 aliphatic heterocycles. The summed E-state index contributed by atoms with van der Waals surface area (Å²) in [6.45, 7) is 7.95. The second-order valence-electron chi connectivity index (χ2n) is 4.82. The summed E-state index contributed by atoms with van der Waals surface area (Å²) in [5, 5.41) is 17.2. The van der Waals surface area contributed by atoms with Crippen LogP contribution in [0.3, 0.4) is 0 Å². The van der Waals surface area contributed by atoms with Crippen LogP contribution >= 0.6 is 0 Å². The second-order valence-corrected chi connectivity index (χ2v) is 4.82. The van der Waals surface area contributed by atoms with E-state index in [0.29, 0.717) is 5.65 Å². The van der Waals surface area contributed by atoms with Crippen LogP contribution in [0.5, 0.6) is 0 Å². The average Bonchev–Trinajstić information content (AvgIpc) is 2.95. The van der Waals surface area contributed by atoms with Gasteiger partial charge in [0, 0.05) is 18.7 Å². The van der Waals surface area contributed by atoms with E-state index in [1.807, 2.05) is 37.3 Å². The highest BCUT2D eigenvalue weighted by Gasteiger charge is 2.18. The van der Waals surface area contributed by atoms with Crippen molar-refractivity contribution in [2.75, 3.05) is 18.0 Å². The maximum Gasteiger partial charge on any atom is 0.207 e. The molecule has 0 fully saturated rings. The molecule has 6 heteroatoms. The fourth-order valence-electron chi connectivity index (χ4n) is 2.50. The van der Waals surface area contributed by atoms with Gasteiger partial charge < -0.3 is 4.90 Å². The monoisotopic (exact) mass is 282 g/mol. The van der Waals surface area contributed by atoms with Crippen molar-refractivity contribution in [3.63, 3.8) is 0 Å². The lowest BCUT2D eigenvalue weighted by Crippen LogP contribution is -2.26. The first-order valence-electron chi connectivity index (χ1n) is 7.15. The summed E-state index contributed by atoms with van der Waals surface area (Å²) in [6.07, 6.45) is 0. The third-order valence-corrected chi connectivity index (χ3v) is 3.58. The van der Waals surface area contributed by atoms with Crippen LogP contribution in [0.25, 0.3) is 16.9 Å². The summed E-state index contributed by atoms with van der Waals surface area (Å²) < 4.78 is 1.79. The third-order valence-electron chi connectivity index (χ3n) is 3.58. The normalized spacial score (nSPS) is 11.0. The largest absolute Gasteiger partial charge is 0.355 e. The van der Waals surface area contributed by atoms with Gasteiger partial charge in [-0.15, -0.1) is 15.3 Å². The summed E-state index contributed by atoms with van der Waals surface area (Å²) in [5.74, 6) is 0.958. The van der Waals surface area contributed by atoms with Crippen molar-refractivity contribution in [3.8, 4) is 11.3 Å². The summed E-state index contributed by atoms with van der Waals surface area (Å²) in [6, 6.07) is 9.94. The Bertz CT molecular complexity index is 745. The molecule has 0 N–H and O–H groups in total. The van der Waals surface area contributed by atoms with E-state index in [9.17, 15) is 0 Å². The Balaban J connectivity index is 2.23. The molecule has 2 aromatic heterocycles. The van der Waals surface area contributed by atoms with E-state index in [-0.39, 0.29) is 0 Å². The van der Waals surface area contributed by atoms with Crippen molar-refractivity contribution >= 4 is 11.5 Å². The first kappa shape index (κ1) is 13.5. The van der Waals surface area contributed by atoms with Gasteiger partial charge in [-0.3, -0.25) is 0 Å². The molecule has 0 amide bonds. The SMILES string of the molecule is CCN(CC)c1c(C)nnc2c(-c3ccccc3)nnn12. The molecule has 0 spiro atoms. The van der Waals surface area contributed by atoms with Gasteiger partial charge in [0.05, 0.1) is 0 Å². The molecular weight excluding hydrogens is 264 g/mol. The number of fused-ring (bicyclic) bond motifs is 1. The molecule has 21 heavy (non-hydrogen) atoms. The van der Waals surface area contributed by atoms with Crippen LogP contribution in [0.1, 0.15) is 19.5 Å².